The molecule has 0 aliphatic heterocycles. The van der Waals surface area contributed by atoms with Crippen LogP contribution in [0.15, 0.2) is 17.1 Å². The maximum atomic E-state index is 11.9. The van der Waals surface area contributed by atoms with Crippen molar-refractivity contribution in [3.05, 3.63) is 50.8 Å². The van der Waals surface area contributed by atoms with Crippen molar-refractivity contribution in [2.24, 2.45) is 0 Å². The van der Waals surface area contributed by atoms with E-state index < -0.39 is 0 Å². The van der Waals surface area contributed by atoms with Crippen LogP contribution in [0.4, 0.5) is 5.82 Å². The van der Waals surface area contributed by atoms with Crippen LogP contribution in [0, 0.1) is 27.7 Å². The lowest BCUT2D eigenvalue weighted by Crippen LogP contribution is -2.19. The zero-order chi connectivity index (χ0) is 14.0. The number of aromatic nitrogens is 3. The fourth-order valence-corrected chi connectivity index (χ4v) is 1.98. The highest BCUT2D eigenvalue weighted by Crippen LogP contribution is 2.11. The first-order chi connectivity index (χ1) is 8.97. The van der Waals surface area contributed by atoms with Crippen molar-refractivity contribution in [2.45, 2.75) is 34.2 Å². The number of rotatable bonds is 3. The summed E-state index contributed by atoms with van der Waals surface area (Å²) in [5, 5.41) is 3.18. The number of anilines is 1. The Morgan fingerprint density at radius 1 is 1.26 bits per heavy atom. The Balaban J connectivity index is 2.24. The minimum Gasteiger partial charge on any atom is -0.364 e. The lowest BCUT2D eigenvalue weighted by atomic mass is 10.1. The fourth-order valence-electron chi connectivity index (χ4n) is 1.98. The molecule has 0 saturated carbocycles. The van der Waals surface area contributed by atoms with E-state index in [1.54, 1.807) is 6.20 Å². The summed E-state index contributed by atoms with van der Waals surface area (Å²) >= 11 is 0. The van der Waals surface area contributed by atoms with Gasteiger partial charge in [-0.3, -0.25) is 9.78 Å². The van der Waals surface area contributed by atoms with Crippen molar-refractivity contribution in [1.82, 2.24) is 15.0 Å². The number of aryl methyl sites for hydroxylation is 4. The smallest absolute Gasteiger partial charge is 0.253 e. The normalized spacial score (nSPS) is 10.5. The second-order valence-electron chi connectivity index (χ2n) is 4.74. The van der Waals surface area contributed by atoms with Gasteiger partial charge in [-0.1, -0.05) is 0 Å². The summed E-state index contributed by atoms with van der Waals surface area (Å²) in [7, 11) is 0. The molecule has 0 amide bonds. The van der Waals surface area contributed by atoms with Crippen LogP contribution in [0.2, 0.25) is 0 Å². The highest BCUT2D eigenvalue weighted by Gasteiger charge is 2.07. The summed E-state index contributed by atoms with van der Waals surface area (Å²) in [6, 6.07) is 1.97. The molecule has 0 saturated heterocycles. The molecule has 2 N–H and O–H groups in total. The van der Waals surface area contributed by atoms with Gasteiger partial charge in [0.05, 0.1) is 11.4 Å². The molecule has 0 fully saturated rings. The topological polar surface area (TPSA) is 70.7 Å². The molecule has 2 heterocycles. The number of pyridine rings is 1. The molecule has 19 heavy (non-hydrogen) atoms. The van der Waals surface area contributed by atoms with Gasteiger partial charge in [-0.2, -0.15) is 0 Å². The van der Waals surface area contributed by atoms with Gasteiger partial charge in [-0.15, -0.1) is 0 Å². The van der Waals surface area contributed by atoms with Crippen molar-refractivity contribution in [3.63, 3.8) is 0 Å². The van der Waals surface area contributed by atoms with Crippen molar-refractivity contribution in [1.29, 1.82) is 0 Å². The van der Waals surface area contributed by atoms with Gasteiger partial charge in [0.2, 0.25) is 0 Å². The Morgan fingerprint density at radius 3 is 2.68 bits per heavy atom. The molecule has 2 rings (SSSR count). The molecule has 2 aromatic heterocycles. The SMILES string of the molecule is Cc1cnc(C)c(NCc2c(C)cc(C)[nH]c2=O)n1. The molecule has 0 radical (unpaired) electrons. The van der Waals surface area contributed by atoms with E-state index in [1.807, 2.05) is 33.8 Å². The lowest BCUT2D eigenvalue weighted by Gasteiger charge is -2.10. The number of nitrogens with one attached hydrogen (secondary N) is 2. The summed E-state index contributed by atoms with van der Waals surface area (Å²) < 4.78 is 0. The summed E-state index contributed by atoms with van der Waals surface area (Å²) in [5.74, 6) is 0.722. The minimum absolute atomic E-state index is 0.0525. The van der Waals surface area contributed by atoms with Crippen molar-refractivity contribution < 1.29 is 0 Å². The number of nitrogens with zero attached hydrogens (tertiary/aromatic N) is 2. The predicted octanol–water partition coefficient (Wildman–Crippen LogP) is 2.01. The van der Waals surface area contributed by atoms with E-state index in [-0.39, 0.29) is 5.56 Å². The van der Waals surface area contributed by atoms with E-state index in [4.69, 9.17) is 0 Å². The molecule has 0 spiro atoms. The molecular weight excluding hydrogens is 240 g/mol. The Labute approximate surface area is 112 Å². The summed E-state index contributed by atoms with van der Waals surface area (Å²) in [6.45, 7) is 8.04. The van der Waals surface area contributed by atoms with Crippen LogP contribution < -0.4 is 10.9 Å². The molecule has 0 aliphatic carbocycles. The average molecular weight is 258 g/mol. The molecule has 2 aromatic rings. The van der Waals surface area contributed by atoms with E-state index >= 15 is 0 Å². The third kappa shape index (κ3) is 2.99. The zero-order valence-corrected chi connectivity index (χ0v) is 11.7. The zero-order valence-electron chi connectivity index (χ0n) is 11.7. The van der Waals surface area contributed by atoms with E-state index in [0.717, 1.165) is 34.0 Å². The second-order valence-corrected chi connectivity index (χ2v) is 4.74. The largest absolute Gasteiger partial charge is 0.364 e. The van der Waals surface area contributed by atoms with Crippen molar-refractivity contribution >= 4 is 5.82 Å². The summed E-state index contributed by atoms with van der Waals surface area (Å²) in [6.07, 6.45) is 1.73. The van der Waals surface area contributed by atoms with Crippen LogP contribution in [-0.4, -0.2) is 15.0 Å². The highest BCUT2D eigenvalue weighted by atomic mass is 16.1. The molecule has 0 atom stereocenters. The van der Waals surface area contributed by atoms with E-state index in [9.17, 15) is 4.79 Å². The lowest BCUT2D eigenvalue weighted by molar-refractivity contribution is 0.979. The first-order valence-electron chi connectivity index (χ1n) is 6.21. The molecule has 100 valence electrons. The van der Waals surface area contributed by atoms with E-state index in [0.29, 0.717) is 6.54 Å². The molecule has 0 bridgehead atoms. The van der Waals surface area contributed by atoms with Gasteiger partial charge in [0, 0.05) is 24.0 Å². The molecule has 5 heteroatoms. The van der Waals surface area contributed by atoms with Crippen LogP contribution in [0.25, 0.3) is 0 Å². The Morgan fingerprint density at radius 2 is 2.00 bits per heavy atom. The molecule has 0 aromatic carbocycles. The number of aromatic amines is 1. The number of H-pyrrole nitrogens is 1. The number of hydrogen-bond donors (Lipinski definition) is 2. The predicted molar refractivity (Wildman–Crippen MR) is 75.4 cm³/mol. The van der Waals surface area contributed by atoms with Crippen LogP contribution in [0.5, 0.6) is 0 Å². The van der Waals surface area contributed by atoms with Crippen molar-refractivity contribution in [2.75, 3.05) is 5.32 Å². The van der Waals surface area contributed by atoms with Gasteiger partial charge in [0.25, 0.3) is 5.56 Å². The second kappa shape index (κ2) is 5.22. The highest BCUT2D eigenvalue weighted by molar-refractivity contribution is 5.41. The van der Waals surface area contributed by atoms with Crippen LogP contribution in [-0.2, 0) is 6.54 Å². The third-order valence-electron chi connectivity index (χ3n) is 3.00. The Kier molecular flexibility index (Phi) is 3.64. The average Bonchev–Trinajstić information content (AvgIpc) is 2.32. The Bertz CT molecular complexity index is 661. The van der Waals surface area contributed by atoms with Gasteiger partial charge in [0.15, 0.2) is 0 Å². The first kappa shape index (κ1) is 13.3. The van der Waals surface area contributed by atoms with E-state index in [2.05, 4.69) is 20.3 Å². The van der Waals surface area contributed by atoms with Crippen LogP contribution >= 0.6 is 0 Å². The molecular formula is C14H18N4O. The van der Waals surface area contributed by atoms with Crippen LogP contribution in [0.1, 0.15) is 28.2 Å². The van der Waals surface area contributed by atoms with Gasteiger partial charge in [0.1, 0.15) is 5.82 Å². The molecule has 0 aliphatic rings. The van der Waals surface area contributed by atoms with Gasteiger partial charge in [-0.25, -0.2) is 4.98 Å². The maximum Gasteiger partial charge on any atom is 0.253 e. The summed E-state index contributed by atoms with van der Waals surface area (Å²) in [4.78, 5) is 23.3. The van der Waals surface area contributed by atoms with E-state index in [1.165, 1.54) is 0 Å². The summed E-state index contributed by atoms with van der Waals surface area (Å²) in [5.41, 5.74) is 4.20. The number of hydrogen-bond acceptors (Lipinski definition) is 4. The quantitative estimate of drug-likeness (QED) is 0.883. The third-order valence-corrected chi connectivity index (χ3v) is 3.00. The molecule has 0 unspecified atom stereocenters. The molecule has 5 nitrogen and oxygen atoms in total. The maximum absolute atomic E-state index is 11.9. The standard InChI is InChI=1S/C14H18N4O/c1-8-5-9(2)18-14(19)12(8)7-16-13-11(4)15-6-10(3)17-13/h5-6H,7H2,1-4H3,(H,16,17)(H,18,19). The van der Waals surface area contributed by atoms with Gasteiger partial charge < -0.3 is 10.3 Å². The monoisotopic (exact) mass is 258 g/mol. The van der Waals surface area contributed by atoms with Gasteiger partial charge in [-0.05, 0) is 39.3 Å². The van der Waals surface area contributed by atoms with Gasteiger partial charge >= 0.3 is 0 Å². The van der Waals surface area contributed by atoms with Crippen molar-refractivity contribution in [3.8, 4) is 0 Å². The minimum atomic E-state index is -0.0525. The fraction of sp³-hybridized carbons (Fsp3) is 0.357. The van der Waals surface area contributed by atoms with Crippen LogP contribution in [0.3, 0.4) is 0 Å². The Hall–Kier alpha value is -2.17. The first-order valence-corrected chi connectivity index (χ1v) is 6.21.